The maximum Gasteiger partial charge on any atom is 0.160 e. The Morgan fingerprint density at radius 3 is 2.76 bits per heavy atom. The van der Waals surface area contributed by atoms with Crippen molar-refractivity contribution in [2.75, 3.05) is 51.3 Å². The summed E-state index contributed by atoms with van der Waals surface area (Å²) in [5.74, 6) is 0. The summed E-state index contributed by atoms with van der Waals surface area (Å²) in [4.78, 5) is 9.89. The second kappa shape index (κ2) is 9.79. The molecule has 33 heavy (non-hydrogen) atoms. The number of benzene rings is 1. The Bertz CT molecular complexity index is 1080. The lowest BCUT2D eigenvalue weighted by molar-refractivity contribution is 0.123. The number of hydrogen-bond acceptors (Lipinski definition) is 6. The van der Waals surface area contributed by atoms with Gasteiger partial charge < -0.3 is 19.9 Å². The highest BCUT2D eigenvalue weighted by Crippen LogP contribution is 2.32. The van der Waals surface area contributed by atoms with Gasteiger partial charge >= 0.3 is 0 Å². The van der Waals surface area contributed by atoms with Gasteiger partial charge in [-0.3, -0.25) is 0 Å². The molecule has 0 unspecified atom stereocenters. The molecule has 2 aromatic heterocycles. The van der Waals surface area contributed by atoms with Gasteiger partial charge in [0.05, 0.1) is 36.2 Å². The summed E-state index contributed by atoms with van der Waals surface area (Å²) < 4.78 is 7.64. The quantitative estimate of drug-likeness (QED) is 0.539. The number of rotatable bonds is 9. The minimum absolute atomic E-state index is 0.257. The highest BCUT2D eigenvalue weighted by Gasteiger charge is 2.21. The third-order valence-electron chi connectivity index (χ3n) is 6.56. The second-order valence-corrected chi connectivity index (χ2v) is 9.71. The molecule has 1 saturated heterocycles. The summed E-state index contributed by atoms with van der Waals surface area (Å²) in [6.07, 6.45) is 4.65. The third kappa shape index (κ3) is 5.21. The Hall–Kier alpha value is -2.48. The van der Waals surface area contributed by atoms with E-state index in [0.29, 0.717) is 0 Å². The zero-order chi connectivity index (χ0) is 22.8. The van der Waals surface area contributed by atoms with E-state index < -0.39 is 0 Å². The molecule has 2 aliphatic rings. The molecule has 1 saturated carbocycles. The first-order valence-corrected chi connectivity index (χ1v) is 12.3. The first-order chi connectivity index (χ1) is 16.1. The van der Waals surface area contributed by atoms with Crippen LogP contribution >= 0.6 is 0 Å². The van der Waals surface area contributed by atoms with Crippen LogP contribution < -0.4 is 10.2 Å². The van der Waals surface area contributed by atoms with Crippen molar-refractivity contribution in [3.8, 4) is 11.3 Å². The lowest BCUT2D eigenvalue weighted by Crippen LogP contribution is -2.36. The summed E-state index contributed by atoms with van der Waals surface area (Å²) in [6, 6.07) is 12.1. The van der Waals surface area contributed by atoms with E-state index in [9.17, 15) is 0 Å². The number of pyridine rings is 1. The van der Waals surface area contributed by atoms with Crippen molar-refractivity contribution in [3.63, 3.8) is 0 Å². The van der Waals surface area contributed by atoms with E-state index in [1.807, 2.05) is 10.9 Å². The van der Waals surface area contributed by atoms with Gasteiger partial charge in [0.15, 0.2) is 5.65 Å². The zero-order valence-corrected chi connectivity index (χ0v) is 20.1. The van der Waals surface area contributed by atoms with E-state index in [2.05, 4.69) is 71.4 Å². The highest BCUT2D eigenvalue weighted by atomic mass is 16.5. The maximum atomic E-state index is 5.60. The number of anilines is 1. The van der Waals surface area contributed by atoms with Gasteiger partial charge in [0.2, 0.25) is 0 Å². The topological polar surface area (TPSA) is 58.5 Å². The normalized spacial score (nSPS) is 16.9. The maximum absolute atomic E-state index is 5.60. The molecule has 1 aliphatic heterocycles. The number of nitrogens with zero attached hydrogens (tertiary/aromatic N) is 5. The van der Waals surface area contributed by atoms with Crippen LogP contribution in [-0.2, 0) is 11.3 Å². The summed E-state index contributed by atoms with van der Waals surface area (Å²) in [6.45, 7) is 10.7. The third-order valence-corrected chi connectivity index (χ3v) is 6.56. The fraction of sp³-hybridized carbons (Fsp3) is 0.538. The van der Waals surface area contributed by atoms with Crippen LogP contribution in [0.2, 0.25) is 0 Å². The number of nitrogens with one attached hydrogen (secondary N) is 1. The average Bonchev–Trinajstić information content (AvgIpc) is 3.54. The number of fused-ring (bicyclic) bond motifs is 1. The van der Waals surface area contributed by atoms with Crippen molar-refractivity contribution in [2.45, 2.75) is 45.3 Å². The number of likely N-dealkylation sites (N-methyl/N-ethyl adjacent to an activating group) is 1. The fourth-order valence-corrected chi connectivity index (χ4v) is 4.56. The standard InChI is InChI=1S/C26H36N6O/c1-19(2)32-26-23(17-28-32)25(31-11-13-33-14-12-31)16-24(29-26)21-6-4-5-20(15-21)18-30(3)10-9-27-22-7-8-22/h4-6,15-17,19,22,27H,7-14,18H2,1-3H3. The van der Waals surface area contributed by atoms with Gasteiger partial charge in [0.1, 0.15) is 0 Å². The van der Waals surface area contributed by atoms with Crippen LogP contribution in [0, 0.1) is 0 Å². The minimum Gasteiger partial charge on any atom is -0.378 e. The predicted octanol–water partition coefficient (Wildman–Crippen LogP) is 3.70. The van der Waals surface area contributed by atoms with Gasteiger partial charge in [-0.1, -0.05) is 18.2 Å². The van der Waals surface area contributed by atoms with Gasteiger partial charge in [-0.2, -0.15) is 5.10 Å². The molecule has 176 valence electrons. The second-order valence-electron chi connectivity index (χ2n) is 9.71. The van der Waals surface area contributed by atoms with Gasteiger partial charge in [-0.05, 0) is 51.4 Å². The molecular weight excluding hydrogens is 412 g/mol. The molecule has 1 aliphatic carbocycles. The molecule has 0 radical (unpaired) electrons. The number of ether oxygens (including phenoxy) is 1. The van der Waals surface area contributed by atoms with E-state index in [1.54, 1.807) is 0 Å². The van der Waals surface area contributed by atoms with Crippen molar-refractivity contribution in [1.29, 1.82) is 0 Å². The van der Waals surface area contributed by atoms with Crippen LogP contribution in [0.5, 0.6) is 0 Å². The fourth-order valence-electron chi connectivity index (χ4n) is 4.56. The first kappa shape index (κ1) is 22.3. The summed E-state index contributed by atoms with van der Waals surface area (Å²) in [5.41, 5.74) is 5.64. The molecule has 5 rings (SSSR count). The van der Waals surface area contributed by atoms with Crippen molar-refractivity contribution in [1.82, 2.24) is 25.0 Å². The number of aromatic nitrogens is 3. The molecule has 0 spiro atoms. The largest absolute Gasteiger partial charge is 0.378 e. The van der Waals surface area contributed by atoms with Crippen molar-refractivity contribution in [3.05, 3.63) is 42.1 Å². The van der Waals surface area contributed by atoms with Crippen LogP contribution in [0.1, 0.15) is 38.3 Å². The van der Waals surface area contributed by atoms with E-state index in [0.717, 1.165) is 74.3 Å². The smallest absolute Gasteiger partial charge is 0.160 e. The molecule has 0 atom stereocenters. The van der Waals surface area contributed by atoms with Gasteiger partial charge in [0, 0.05) is 50.4 Å². The number of hydrogen-bond donors (Lipinski definition) is 1. The van der Waals surface area contributed by atoms with Crippen LogP contribution in [0.15, 0.2) is 36.5 Å². The molecule has 1 aromatic carbocycles. The molecule has 7 heteroatoms. The van der Waals surface area contributed by atoms with Crippen LogP contribution in [0.25, 0.3) is 22.3 Å². The van der Waals surface area contributed by atoms with E-state index in [4.69, 9.17) is 9.72 Å². The number of morpholine rings is 1. The Morgan fingerprint density at radius 2 is 2.00 bits per heavy atom. The zero-order valence-electron chi connectivity index (χ0n) is 20.1. The molecular formula is C26H36N6O. The van der Waals surface area contributed by atoms with Crippen LogP contribution in [0.3, 0.4) is 0 Å². The monoisotopic (exact) mass is 448 g/mol. The van der Waals surface area contributed by atoms with E-state index in [-0.39, 0.29) is 6.04 Å². The van der Waals surface area contributed by atoms with Gasteiger partial charge in [-0.15, -0.1) is 0 Å². The Balaban J connectivity index is 1.43. The van der Waals surface area contributed by atoms with Crippen molar-refractivity contribution >= 4 is 16.7 Å². The molecule has 1 N–H and O–H groups in total. The molecule has 0 amide bonds. The molecule has 7 nitrogen and oxygen atoms in total. The summed E-state index contributed by atoms with van der Waals surface area (Å²) in [5, 5.41) is 9.39. The van der Waals surface area contributed by atoms with Crippen molar-refractivity contribution < 1.29 is 4.74 Å². The van der Waals surface area contributed by atoms with Crippen molar-refractivity contribution in [2.24, 2.45) is 0 Å². The predicted molar refractivity (Wildman–Crippen MR) is 134 cm³/mol. The summed E-state index contributed by atoms with van der Waals surface area (Å²) >= 11 is 0. The van der Waals surface area contributed by atoms with Gasteiger partial charge in [0.25, 0.3) is 0 Å². The Morgan fingerprint density at radius 1 is 1.18 bits per heavy atom. The minimum atomic E-state index is 0.257. The van der Waals surface area contributed by atoms with E-state index >= 15 is 0 Å². The Kier molecular flexibility index (Phi) is 6.62. The first-order valence-electron chi connectivity index (χ1n) is 12.3. The SMILES string of the molecule is CC(C)n1ncc2c(N3CCOCC3)cc(-c3cccc(CN(C)CCNC4CC4)c3)nc21. The highest BCUT2D eigenvalue weighted by molar-refractivity contribution is 5.92. The molecule has 3 aromatic rings. The molecule has 0 bridgehead atoms. The lowest BCUT2D eigenvalue weighted by atomic mass is 10.1. The molecule has 2 fully saturated rings. The van der Waals surface area contributed by atoms with Crippen LogP contribution in [0.4, 0.5) is 5.69 Å². The van der Waals surface area contributed by atoms with Gasteiger partial charge in [-0.25, -0.2) is 9.67 Å². The van der Waals surface area contributed by atoms with E-state index in [1.165, 1.54) is 24.1 Å². The average molecular weight is 449 g/mol. The van der Waals surface area contributed by atoms with Crippen LogP contribution in [-0.4, -0.2) is 72.1 Å². The molecule has 3 heterocycles. The Labute approximate surface area is 196 Å². The summed E-state index contributed by atoms with van der Waals surface area (Å²) in [7, 11) is 2.20. The lowest BCUT2D eigenvalue weighted by Gasteiger charge is -2.29.